The molecule has 1 aliphatic carbocycles. The molecule has 0 bridgehead atoms. The minimum atomic E-state index is -0.364. The number of nitriles is 1. The highest BCUT2D eigenvalue weighted by Crippen LogP contribution is 2.40. The van der Waals surface area contributed by atoms with Crippen LogP contribution in [0.15, 0.2) is 45.3 Å². The predicted molar refractivity (Wildman–Crippen MR) is 113 cm³/mol. The molecule has 0 heterocycles. The number of halogens is 2. The first kappa shape index (κ1) is 19.9. The number of hydrogen-bond acceptors (Lipinski definition) is 3. The number of carbonyl (C=O) groups excluding carboxylic acids is 1. The highest BCUT2D eigenvalue weighted by molar-refractivity contribution is 9.11. The maximum atomic E-state index is 12.2. The summed E-state index contributed by atoms with van der Waals surface area (Å²) in [5, 5.41) is 12.4. The van der Waals surface area contributed by atoms with Crippen LogP contribution in [0.3, 0.4) is 0 Å². The molecule has 2 aromatic carbocycles. The number of benzene rings is 2. The minimum absolute atomic E-state index is 0.0784. The smallest absolute Gasteiger partial charge is 0.262 e. The molecular weight excluding hydrogens is 472 g/mol. The van der Waals surface area contributed by atoms with Crippen LogP contribution < -0.4 is 10.1 Å². The molecule has 0 unspecified atom stereocenters. The Kier molecular flexibility index (Phi) is 6.23. The summed E-state index contributed by atoms with van der Waals surface area (Å²) in [5.41, 5.74) is 2.31. The molecule has 1 fully saturated rings. The van der Waals surface area contributed by atoms with Gasteiger partial charge in [-0.1, -0.05) is 40.9 Å². The standard InChI is InChI=1S/C21H20Br2N2O2/c1-14-10-16(22)11-18(23)20(14)27-12-19(26)25-17-6-4-15(5-7-17)21(13-24)8-2-3-9-21/h4-7,10-11H,2-3,8-9,12H2,1H3,(H,25,26). The third-order valence-corrected chi connectivity index (χ3v) is 5.98. The van der Waals surface area contributed by atoms with Crippen molar-refractivity contribution in [2.45, 2.75) is 38.0 Å². The maximum absolute atomic E-state index is 12.2. The zero-order chi connectivity index (χ0) is 19.4. The number of ether oxygens (including phenoxy) is 1. The van der Waals surface area contributed by atoms with Crippen molar-refractivity contribution in [1.82, 2.24) is 0 Å². The lowest BCUT2D eigenvalue weighted by Crippen LogP contribution is -2.21. The van der Waals surface area contributed by atoms with Gasteiger partial charge in [-0.05, 0) is 71.1 Å². The average molecular weight is 492 g/mol. The largest absolute Gasteiger partial charge is 0.482 e. The molecule has 6 heteroatoms. The van der Waals surface area contributed by atoms with Gasteiger partial charge in [-0.25, -0.2) is 0 Å². The molecule has 0 aromatic heterocycles. The van der Waals surface area contributed by atoms with Crippen molar-refractivity contribution in [1.29, 1.82) is 5.26 Å². The SMILES string of the molecule is Cc1cc(Br)cc(Br)c1OCC(=O)Nc1ccc(C2(C#N)CCCC2)cc1. The van der Waals surface area contributed by atoms with Crippen LogP contribution in [0.2, 0.25) is 0 Å². The topological polar surface area (TPSA) is 62.1 Å². The van der Waals surface area contributed by atoms with E-state index in [1.165, 1.54) is 0 Å². The van der Waals surface area contributed by atoms with Crippen molar-refractivity contribution >= 4 is 43.5 Å². The molecular formula is C21H20Br2N2O2. The molecule has 0 spiro atoms. The van der Waals surface area contributed by atoms with Gasteiger partial charge in [0.25, 0.3) is 5.91 Å². The zero-order valence-electron chi connectivity index (χ0n) is 15.0. The summed E-state index contributed by atoms with van der Waals surface area (Å²) in [5.74, 6) is 0.425. The fourth-order valence-corrected chi connectivity index (χ4v) is 5.08. The van der Waals surface area contributed by atoms with Gasteiger partial charge < -0.3 is 10.1 Å². The average Bonchev–Trinajstić information content (AvgIpc) is 3.11. The normalized spacial score (nSPS) is 15.2. The fourth-order valence-electron chi connectivity index (χ4n) is 3.52. The van der Waals surface area contributed by atoms with Crippen LogP contribution in [-0.2, 0) is 10.2 Å². The molecule has 0 radical (unpaired) electrons. The van der Waals surface area contributed by atoms with E-state index in [4.69, 9.17) is 4.74 Å². The van der Waals surface area contributed by atoms with E-state index in [-0.39, 0.29) is 17.9 Å². The van der Waals surface area contributed by atoms with Crippen LogP contribution >= 0.6 is 31.9 Å². The number of hydrogen-bond donors (Lipinski definition) is 1. The van der Waals surface area contributed by atoms with E-state index in [9.17, 15) is 10.1 Å². The molecule has 4 nitrogen and oxygen atoms in total. The first-order chi connectivity index (χ1) is 12.9. The first-order valence-corrected chi connectivity index (χ1v) is 10.4. The molecule has 0 saturated heterocycles. The number of carbonyl (C=O) groups is 1. The predicted octanol–water partition coefficient (Wildman–Crippen LogP) is 5.87. The molecule has 1 saturated carbocycles. The summed E-state index contributed by atoms with van der Waals surface area (Å²) in [6.45, 7) is 1.85. The van der Waals surface area contributed by atoms with Crippen molar-refractivity contribution in [3.63, 3.8) is 0 Å². The second kappa shape index (κ2) is 8.45. The highest BCUT2D eigenvalue weighted by atomic mass is 79.9. The van der Waals surface area contributed by atoms with E-state index in [0.717, 1.165) is 45.8 Å². The molecule has 27 heavy (non-hydrogen) atoms. The second-order valence-corrected chi connectivity index (χ2v) is 8.62. The third-order valence-electron chi connectivity index (χ3n) is 4.93. The minimum Gasteiger partial charge on any atom is -0.482 e. The fraction of sp³-hybridized carbons (Fsp3) is 0.333. The van der Waals surface area contributed by atoms with Crippen LogP contribution in [0.5, 0.6) is 5.75 Å². The van der Waals surface area contributed by atoms with Gasteiger partial charge in [0, 0.05) is 10.2 Å². The Labute approximate surface area is 176 Å². The Hall–Kier alpha value is -1.84. The lowest BCUT2D eigenvalue weighted by molar-refractivity contribution is -0.118. The summed E-state index contributed by atoms with van der Waals surface area (Å²) in [7, 11) is 0. The summed E-state index contributed by atoms with van der Waals surface area (Å²) in [6.07, 6.45) is 4.00. The van der Waals surface area contributed by atoms with E-state index in [1.54, 1.807) is 0 Å². The van der Waals surface area contributed by atoms with E-state index >= 15 is 0 Å². The lowest BCUT2D eigenvalue weighted by atomic mass is 9.80. The lowest BCUT2D eigenvalue weighted by Gasteiger charge is -2.21. The Morgan fingerprint density at radius 1 is 1.22 bits per heavy atom. The van der Waals surface area contributed by atoms with Gasteiger partial charge in [0.1, 0.15) is 5.75 Å². The van der Waals surface area contributed by atoms with Crippen LogP contribution in [-0.4, -0.2) is 12.5 Å². The zero-order valence-corrected chi connectivity index (χ0v) is 18.2. The molecule has 0 aliphatic heterocycles. The van der Waals surface area contributed by atoms with E-state index in [2.05, 4.69) is 43.2 Å². The Morgan fingerprint density at radius 3 is 2.48 bits per heavy atom. The Bertz CT molecular complexity index is 859. The van der Waals surface area contributed by atoms with Gasteiger partial charge in [0.2, 0.25) is 0 Å². The summed E-state index contributed by atoms with van der Waals surface area (Å²) >= 11 is 6.88. The third kappa shape index (κ3) is 4.53. The van der Waals surface area contributed by atoms with Crippen LogP contribution in [0, 0.1) is 18.3 Å². The monoisotopic (exact) mass is 490 g/mol. The molecule has 0 atom stereocenters. The molecule has 140 valence electrons. The Morgan fingerprint density at radius 2 is 1.89 bits per heavy atom. The molecule has 1 amide bonds. The number of rotatable bonds is 5. The highest BCUT2D eigenvalue weighted by Gasteiger charge is 2.35. The number of aryl methyl sites for hydroxylation is 1. The van der Waals surface area contributed by atoms with Crippen molar-refractivity contribution in [3.05, 3.63) is 56.5 Å². The van der Waals surface area contributed by atoms with Gasteiger partial charge in [0.05, 0.1) is 16.0 Å². The summed E-state index contributed by atoms with van der Waals surface area (Å²) < 4.78 is 7.41. The van der Waals surface area contributed by atoms with Crippen molar-refractivity contribution in [2.24, 2.45) is 0 Å². The molecule has 3 rings (SSSR count). The van der Waals surface area contributed by atoms with Gasteiger partial charge in [-0.2, -0.15) is 5.26 Å². The second-order valence-electron chi connectivity index (χ2n) is 6.85. The Balaban J connectivity index is 1.61. The van der Waals surface area contributed by atoms with Crippen LogP contribution in [0.25, 0.3) is 0 Å². The quantitative estimate of drug-likeness (QED) is 0.568. The summed E-state index contributed by atoms with van der Waals surface area (Å²) in [6, 6.07) is 13.9. The van der Waals surface area contributed by atoms with Crippen molar-refractivity contribution < 1.29 is 9.53 Å². The van der Waals surface area contributed by atoms with Gasteiger partial charge in [-0.3, -0.25) is 4.79 Å². The van der Waals surface area contributed by atoms with E-state index in [0.29, 0.717) is 11.4 Å². The summed E-state index contributed by atoms with van der Waals surface area (Å²) in [4.78, 5) is 12.2. The van der Waals surface area contributed by atoms with Crippen molar-refractivity contribution in [2.75, 3.05) is 11.9 Å². The van der Waals surface area contributed by atoms with E-state index in [1.807, 2.05) is 43.3 Å². The van der Waals surface area contributed by atoms with Gasteiger partial charge in [0.15, 0.2) is 6.61 Å². The van der Waals surface area contributed by atoms with Gasteiger partial charge >= 0.3 is 0 Å². The molecule has 1 N–H and O–H groups in total. The van der Waals surface area contributed by atoms with Crippen molar-refractivity contribution in [3.8, 4) is 11.8 Å². The first-order valence-electron chi connectivity index (χ1n) is 8.84. The molecule has 1 aliphatic rings. The number of anilines is 1. The maximum Gasteiger partial charge on any atom is 0.262 e. The van der Waals surface area contributed by atoms with Gasteiger partial charge in [-0.15, -0.1) is 0 Å². The molecule has 2 aromatic rings. The number of nitrogens with one attached hydrogen (secondary N) is 1. The van der Waals surface area contributed by atoms with Crippen LogP contribution in [0.1, 0.15) is 36.8 Å². The number of amides is 1. The van der Waals surface area contributed by atoms with E-state index < -0.39 is 0 Å². The number of nitrogens with zero attached hydrogens (tertiary/aromatic N) is 1. The van der Waals surface area contributed by atoms with Crippen LogP contribution in [0.4, 0.5) is 5.69 Å².